The molecule has 0 aromatic carbocycles. The first-order valence-electron chi connectivity index (χ1n) is 24.6. The molecule has 11 nitrogen and oxygen atoms in total. The Kier molecular flexibility index (Phi) is 42.6. The SMILES string of the molecule is CCCCC/C=C\C/C=C\C/C=C\C=C\[C@H](O)CCCC(=O)O[C@H](COC(=O)CCCCCCCCCCCCCCCCCCCCC(C)C)COP(=O)(O)OC[C@@H](O)CO. The number of aliphatic hydroxyl groups is 3. The summed E-state index contributed by atoms with van der Waals surface area (Å²) >= 11 is 0. The summed E-state index contributed by atoms with van der Waals surface area (Å²) in [5.74, 6) is -0.284. The van der Waals surface area contributed by atoms with Crippen LogP contribution in [0.3, 0.4) is 0 Å². The highest BCUT2D eigenvalue weighted by Gasteiger charge is 2.27. The van der Waals surface area contributed by atoms with E-state index in [-0.39, 0.29) is 19.4 Å². The predicted octanol–water partition coefficient (Wildman–Crippen LogP) is 12.5. The molecule has 0 aromatic rings. The molecule has 62 heavy (non-hydrogen) atoms. The van der Waals surface area contributed by atoms with E-state index in [4.69, 9.17) is 19.1 Å². The fourth-order valence-corrected chi connectivity index (χ4v) is 7.48. The second kappa shape index (κ2) is 44.1. The van der Waals surface area contributed by atoms with Crippen LogP contribution in [0.1, 0.15) is 207 Å². The van der Waals surface area contributed by atoms with E-state index in [1.807, 2.05) is 12.2 Å². The second-order valence-electron chi connectivity index (χ2n) is 17.2. The Morgan fingerprint density at radius 1 is 0.581 bits per heavy atom. The van der Waals surface area contributed by atoms with Gasteiger partial charge in [0.15, 0.2) is 6.10 Å². The highest BCUT2D eigenvalue weighted by Crippen LogP contribution is 2.43. The molecule has 0 fully saturated rings. The Morgan fingerprint density at radius 2 is 1.10 bits per heavy atom. The van der Waals surface area contributed by atoms with Crippen molar-refractivity contribution in [3.8, 4) is 0 Å². The molecule has 0 radical (unpaired) electrons. The number of unbranched alkanes of at least 4 members (excludes halogenated alkanes) is 20. The molecule has 1 unspecified atom stereocenters. The lowest BCUT2D eigenvalue weighted by molar-refractivity contribution is -0.161. The zero-order valence-corrected chi connectivity index (χ0v) is 40.3. The smallest absolute Gasteiger partial charge is 0.462 e. The van der Waals surface area contributed by atoms with Crippen molar-refractivity contribution < 1.29 is 52.9 Å². The second-order valence-corrected chi connectivity index (χ2v) is 18.6. The van der Waals surface area contributed by atoms with Gasteiger partial charge in [0, 0.05) is 12.8 Å². The van der Waals surface area contributed by atoms with Gasteiger partial charge in [0.1, 0.15) is 12.7 Å². The molecule has 0 saturated carbocycles. The minimum absolute atomic E-state index is 0.0436. The van der Waals surface area contributed by atoms with Crippen molar-refractivity contribution in [3.63, 3.8) is 0 Å². The Labute approximate surface area is 377 Å². The lowest BCUT2D eigenvalue weighted by atomic mass is 10.0. The molecule has 0 amide bonds. The van der Waals surface area contributed by atoms with E-state index in [0.717, 1.165) is 44.4 Å². The third kappa shape index (κ3) is 44.5. The first-order valence-corrected chi connectivity index (χ1v) is 26.1. The molecule has 0 aliphatic heterocycles. The molecule has 362 valence electrons. The monoisotopic (exact) mass is 899 g/mol. The van der Waals surface area contributed by atoms with Crippen LogP contribution in [-0.4, -0.2) is 76.9 Å². The van der Waals surface area contributed by atoms with Gasteiger partial charge in [0.05, 0.1) is 25.9 Å². The zero-order chi connectivity index (χ0) is 45.8. The molecular weight excluding hydrogens is 808 g/mol. The van der Waals surface area contributed by atoms with Crippen LogP contribution < -0.4 is 0 Å². The maximum absolute atomic E-state index is 12.7. The van der Waals surface area contributed by atoms with Crippen LogP contribution in [0.2, 0.25) is 0 Å². The van der Waals surface area contributed by atoms with Gasteiger partial charge in [-0.2, -0.15) is 0 Å². The van der Waals surface area contributed by atoms with Gasteiger partial charge in [-0.25, -0.2) is 4.57 Å². The van der Waals surface area contributed by atoms with Gasteiger partial charge < -0.3 is 29.7 Å². The summed E-state index contributed by atoms with van der Waals surface area (Å²) in [5.41, 5.74) is 0. The fourth-order valence-electron chi connectivity index (χ4n) is 6.69. The average molecular weight is 899 g/mol. The standard InChI is InChI=1S/C50H91O11P/c1-4-5-6-7-8-9-10-17-21-24-27-30-33-37-46(52)38-35-40-50(55)61-48(44-60-62(56,57)59-42-47(53)41-51)43-58-49(54)39-34-31-28-25-22-19-16-14-12-11-13-15-18-20-23-26-29-32-36-45(2)3/h8-9,17,21,27,30,33,37,45-48,51-53H,4-7,10-16,18-20,22-26,28-29,31-32,34-36,38-44H2,1-3H3,(H,56,57)/b9-8-,21-17-,30-27-,37-33+/t46-,47-,48+/m0/s1. The summed E-state index contributed by atoms with van der Waals surface area (Å²) in [6.45, 7) is 4.50. The lowest BCUT2D eigenvalue weighted by Crippen LogP contribution is -2.30. The highest BCUT2D eigenvalue weighted by molar-refractivity contribution is 7.47. The highest BCUT2D eigenvalue weighted by atomic mass is 31.2. The van der Waals surface area contributed by atoms with Crippen LogP contribution in [0, 0.1) is 5.92 Å². The summed E-state index contributed by atoms with van der Waals surface area (Å²) in [4.78, 5) is 35.1. The van der Waals surface area contributed by atoms with Gasteiger partial charge in [0.25, 0.3) is 0 Å². The van der Waals surface area contributed by atoms with Gasteiger partial charge >= 0.3 is 19.8 Å². The Balaban J connectivity index is 4.34. The summed E-state index contributed by atoms with van der Waals surface area (Å²) in [6, 6.07) is 0. The maximum atomic E-state index is 12.7. The van der Waals surface area contributed by atoms with E-state index in [0.29, 0.717) is 19.3 Å². The Bertz CT molecular complexity index is 1200. The van der Waals surface area contributed by atoms with E-state index in [1.165, 1.54) is 116 Å². The summed E-state index contributed by atoms with van der Waals surface area (Å²) < 4.78 is 32.7. The number of carbonyl (C=O) groups excluding carboxylic acids is 2. The topological polar surface area (TPSA) is 169 Å². The first-order chi connectivity index (χ1) is 30.0. The molecule has 4 N–H and O–H groups in total. The van der Waals surface area contributed by atoms with Crippen molar-refractivity contribution in [1.29, 1.82) is 0 Å². The van der Waals surface area contributed by atoms with Crippen molar-refractivity contribution in [2.75, 3.05) is 26.4 Å². The third-order valence-electron chi connectivity index (χ3n) is 10.5. The minimum atomic E-state index is -4.68. The van der Waals surface area contributed by atoms with Gasteiger partial charge in [-0.15, -0.1) is 0 Å². The van der Waals surface area contributed by atoms with Crippen LogP contribution in [0.4, 0.5) is 0 Å². The van der Waals surface area contributed by atoms with Gasteiger partial charge in [-0.3, -0.25) is 18.6 Å². The van der Waals surface area contributed by atoms with Crippen LogP contribution in [-0.2, 0) is 32.7 Å². The average Bonchev–Trinajstić information content (AvgIpc) is 3.24. The number of aliphatic hydroxyl groups excluding tert-OH is 3. The first kappa shape index (κ1) is 59.9. The van der Waals surface area contributed by atoms with E-state index in [1.54, 1.807) is 12.2 Å². The van der Waals surface area contributed by atoms with Crippen LogP contribution in [0.5, 0.6) is 0 Å². The van der Waals surface area contributed by atoms with Crippen molar-refractivity contribution >= 4 is 19.8 Å². The van der Waals surface area contributed by atoms with Gasteiger partial charge in [-0.1, -0.05) is 198 Å². The number of esters is 2. The van der Waals surface area contributed by atoms with Crippen molar-refractivity contribution in [2.45, 2.75) is 225 Å². The molecule has 0 aromatic heterocycles. The summed E-state index contributed by atoms with van der Waals surface area (Å²) in [5, 5.41) is 28.7. The minimum Gasteiger partial charge on any atom is -0.462 e. The number of allylic oxidation sites excluding steroid dienone is 7. The molecule has 0 aliphatic carbocycles. The fraction of sp³-hybridized carbons (Fsp3) is 0.800. The van der Waals surface area contributed by atoms with E-state index in [2.05, 4.69) is 49.6 Å². The quantitative estimate of drug-likeness (QED) is 0.0151. The molecular formula is C50H91O11P. The predicted molar refractivity (Wildman–Crippen MR) is 253 cm³/mol. The number of ether oxygens (including phenoxy) is 2. The van der Waals surface area contributed by atoms with Crippen LogP contribution in [0.25, 0.3) is 0 Å². The molecule has 0 spiro atoms. The van der Waals surface area contributed by atoms with Crippen molar-refractivity contribution in [1.82, 2.24) is 0 Å². The third-order valence-corrected chi connectivity index (χ3v) is 11.5. The number of carbonyl (C=O) groups is 2. The van der Waals surface area contributed by atoms with Crippen LogP contribution in [0.15, 0.2) is 48.6 Å². The molecule has 0 bridgehead atoms. The largest absolute Gasteiger partial charge is 0.472 e. The van der Waals surface area contributed by atoms with Crippen LogP contribution >= 0.6 is 7.82 Å². The normalized spacial score (nSPS) is 14.7. The number of hydrogen-bond donors (Lipinski definition) is 4. The molecule has 0 aliphatic rings. The molecule has 4 atom stereocenters. The summed E-state index contributed by atoms with van der Waals surface area (Å²) in [6.07, 6.45) is 44.0. The van der Waals surface area contributed by atoms with E-state index < -0.39 is 57.9 Å². The number of phosphoric ester groups is 1. The molecule has 0 heterocycles. The molecule has 0 rings (SSSR count). The van der Waals surface area contributed by atoms with E-state index >= 15 is 0 Å². The number of phosphoric acid groups is 1. The van der Waals surface area contributed by atoms with E-state index in [9.17, 15) is 29.3 Å². The summed E-state index contributed by atoms with van der Waals surface area (Å²) in [7, 11) is -4.68. The lowest BCUT2D eigenvalue weighted by Gasteiger charge is -2.20. The Hall–Kier alpha value is -2.11. The Morgan fingerprint density at radius 3 is 1.66 bits per heavy atom. The molecule has 0 saturated heterocycles. The number of rotatable bonds is 45. The van der Waals surface area contributed by atoms with Crippen molar-refractivity contribution in [3.05, 3.63) is 48.6 Å². The maximum Gasteiger partial charge on any atom is 0.472 e. The van der Waals surface area contributed by atoms with Crippen molar-refractivity contribution in [2.24, 2.45) is 5.92 Å². The van der Waals surface area contributed by atoms with Gasteiger partial charge in [0.2, 0.25) is 0 Å². The zero-order valence-electron chi connectivity index (χ0n) is 39.4. The van der Waals surface area contributed by atoms with Gasteiger partial charge in [-0.05, 0) is 50.9 Å². The molecule has 12 heteroatoms. The number of hydrogen-bond acceptors (Lipinski definition) is 10.